The van der Waals surface area contributed by atoms with E-state index in [-0.39, 0.29) is 0 Å². The fourth-order valence-electron chi connectivity index (χ4n) is 1.46. The van der Waals surface area contributed by atoms with E-state index in [9.17, 15) is 0 Å². The lowest BCUT2D eigenvalue weighted by Gasteiger charge is -2.13. The van der Waals surface area contributed by atoms with Crippen molar-refractivity contribution < 1.29 is 4.74 Å². The molecule has 16 heavy (non-hydrogen) atoms. The van der Waals surface area contributed by atoms with Gasteiger partial charge in [0.1, 0.15) is 0 Å². The first-order chi connectivity index (χ1) is 7.61. The average molecular weight is 218 g/mol. The van der Waals surface area contributed by atoms with Gasteiger partial charge in [-0.1, -0.05) is 0 Å². The predicted molar refractivity (Wildman–Crippen MR) is 64.8 cm³/mol. The number of methoxy groups -OCH3 is 1. The Morgan fingerprint density at radius 1 is 1.25 bits per heavy atom. The summed E-state index contributed by atoms with van der Waals surface area (Å²) in [5, 5.41) is 0.863. The Morgan fingerprint density at radius 3 is 2.62 bits per heavy atom. The van der Waals surface area contributed by atoms with Crippen LogP contribution in [0.3, 0.4) is 0 Å². The molecule has 84 valence electrons. The lowest BCUT2D eigenvalue weighted by Crippen LogP contribution is -2.13. The van der Waals surface area contributed by atoms with Gasteiger partial charge in [-0.25, -0.2) is 4.98 Å². The van der Waals surface area contributed by atoms with Crippen LogP contribution >= 0.6 is 0 Å². The zero-order valence-corrected chi connectivity index (χ0v) is 9.56. The van der Waals surface area contributed by atoms with Crippen molar-refractivity contribution in [1.29, 1.82) is 0 Å². The molecule has 2 rings (SSSR count). The second kappa shape index (κ2) is 3.84. The van der Waals surface area contributed by atoms with Crippen LogP contribution in [-0.2, 0) is 0 Å². The zero-order chi connectivity index (χ0) is 11.7. The minimum absolute atomic E-state index is 0.564. The largest absolute Gasteiger partial charge is 0.480 e. The lowest BCUT2D eigenvalue weighted by molar-refractivity contribution is 0.403. The van der Waals surface area contributed by atoms with Gasteiger partial charge in [0.25, 0.3) is 0 Å². The summed E-state index contributed by atoms with van der Waals surface area (Å²) in [6.07, 6.45) is 0. The van der Waals surface area contributed by atoms with Crippen LogP contribution in [0.4, 0.5) is 11.6 Å². The smallest absolute Gasteiger partial charge is 0.228 e. The molecule has 1 aromatic carbocycles. The molecule has 0 bridgehead atoms. The minimum Gasteiger partial charge on any atom is -0.480 e. The van der Waals surface area contributed by atoms with Crippen LogP contribution in [-0.4, -0.2) is 31.2 Å². The number of nitrogens with two attached hydrogens (primary N) is 1. The number of ether oxygens (including phenoxy) is 1. The Labute approximate surface area is 93.9 Å². The van der Waals surface area contributed by atoms with E-state index in [1.54, 1.807) is 7.11 Å². The molecular formula is C11H14N4O. The quantitative estimate of drug-likeness (QED) is 0.769. The van der Waals surface area contributed by atoms with Crippen molar-refractivity contribution in [3.63, 3.8) is 0 Å². The Balaban J connectivity index is 2.73. The molecule has 0 amide bonds. The molecule has 0 atom stereocenters. The number of aromatic nitrogens is 2. The molecule has 0 radical (unpaired) electrons. The molecule has 2 N–H and O–H groups in total. The Kier molecular flexibility index (Phi) is 2.52. The maximum atomic E-state index is 5.73. The number of hydrogen-bond acceptors (Lipinski definition) is 5. The first-order valence-electron chi connectivity index (χ1n) is 4.90. The number of anilines is 2. The number of nitrogen functional groups attached to an aromatic ring is 1. The highest BCUT2D eigenvalue weighted by Gasteiger charge is 2.09. The van der Waals surface area contributed by atoms with Gasteiger partial charge in [-0.05, 0) is 18.2 Å². The van der Waals surface area contributed by atoms with E-state index in [1.165, 1.54) is 0 Å². The standard InChI is InChI=1S/C11H14N4O/c1-15(2)11-13-9-6-7(12)4-5-8(9)10(14-11)16-3/h4-6H,12H2,1-3H3. The van der Waals surface area contributed by atoms with Crippen LogP contribution in [0.1, 0.15) is 0 Å². The molecule has 0 aliphatic carbocycles. The van der Waals surface area contributed by atoms with Crippen molar-refractivity contribution >= 4 is 22.5 Å². The van der Waals surface area contributed by atoms with Crippen molar-refractivity contribution in [2.75, 3.05) is 31.8 Å². The number of benzene rings is 1. The van der Waals surface area contributed by atoms with E-state index in [4.69, 9.17) is 10.5 Å². The normalized spacial score (nSPS) is 10.4. The van der Waals surface area contributed by atoms with Crippen molar-refractivity contribution in [3.8, 4) is 5.88 Å². The molecule has 0 fully saturated rings. The van der Waals surface area contributed by atoms with E-state index in [2.05, 4.69) is 9.97 Å². The van der Waals surface area contributed by atoms with Crippen LogP contribution in [0.2, 0.25) is 0 Å². The highest BCUT2D eigenvalue weighted by molar-refractivity contribution is 5.87. The Hall–Kier alpha value is -2.04. The summed E-state index contributed by atoms with van der Waals surface area (Å²) < 4.78 is 5.24. The zero-order valence-electron chi connectivity index (χ0n) is 9.56. The summed E-state index contributed by atoms with van der Waals surface area (Å²) in [6.45, 7) is 0. The molecule has 0 spiro atoms. The van der Waals surface area contributed by atoms with E-state index < -0.39 is 0 Å². The number of rotatable bonds is 2. The van der Waals surface area contributed by atoms with Crippen LogP contribution in [0.15, 0.2) is 18.2 Å². The fourth-order valence-corrected chi connectivity index (χ4v) is 1.46. The second-order valence-corrected chi connectivity index (χ2v) is 3.70. The van der Waals surface area contributed by atoms with Gasteiger partial charge >= 0.3 is 0 Å². The van der Waals surface area contributed by atoms with Crippen molar-refractivity contribution in [1.82, 2.24) is 9.97 Å². The van der Waals surface area contributed by atoms with Crippen molar-refractivity contribution in [2.45, 2.75) is 0 Å². The minimum atomic E-state index is 0.564. The molecular weight excluding hydrogens is 204 g/mol. The monoisotopic (exact) mass is 218 g/mol. The molecule has 1 heterocycles. The van der Waals surface area contributed by atoms with E-state index in [0.717, 1.165) is 10.9 Å². The molecule has 5 nitrogen and oxygen atoms in total. The topological polar surface area (TPSA) is 64.3 Å². The van der Waals surface area contributed by atoms with Gasteiger partial charge in [0, 0.05) is 19.8 Å². The maximum Gasteiger partial charge on any atom is 0.228 e. The highest BCUT2D eigenvalue weighted by Crippen LogP contribution is 2.25. The summed E-state index contributed by atoms with van der Waals surface area (Å²) in [6, 6.07) is 5.49. The van der Waals surface area contributed by atoms with E-state index >= 15 is 0 Å². The molecule has 0 aliphatic heterocycles. The molecule has 0 saturated heterocycles. The average Bonchev–Trinajstić information content (AvgIpc) is 2.26. The third-order valence-electron chi connectivity index (χ3n) is 2.27. The molecule has 2 aromatic rings. The molecule has 0 aliphatic rings. The first kappa shape index (κ1) is 10.5. The molecule has 0 unspecified atom stereocenters. The lowest BCUT2D eigenvalue weighted by atomic mass is 10.2. The third-order valence-corrected chi connectivity index (χ3v) is 2.27. The van der Waals surface area contributed by atoms with Crippen LogP contribution in [0.5, 0.6) is 5.88 Å². The van der Waals surface area contributed by atoms with Crippen LogP contribution in [0.25, 0.3) is 10.9 Å². The van der Waals surface area contributed by atoms with Crippen LogP contribution in [0, 0.1) is 0 Å². The molecule has 0 saturated carbocycles. The summed E-state index contributed by atoms with van der Waals surface area (Å²) >= 11 is 0. The van der Waals surface area contributed by atoms with Crippen molar-refractivity contribution in [2.24, 2.45) is 0 Å². The Morgan fingerprint density at radius 2 is 2.00 bits per heavy atom. The van der Waals surface area contributed by atoms with E-state index in [0.29, 0.717) is 17.5 Å². The fraction of sp³-hybridized carbons (Fsp3) is 0.273. The summed E-state index contributed by atoms with van der Waals surface area (Å²) in [4.78, 5) is 10.5. The van der Waals surface area contributed by atoms with Gasteiger partial charge in [0.2, 0.25) is 11.8 Å². The molecule has 1 aromatic heterocycles. The molecule has 5 heteroatoms. The third kappa shape index (κ3) is 1.71. The number of fused-ring (bicyclic) bond motifs is 1. The summed E-state index contributed by atoms with van der Waals surface area (Å²) in [5.41, 5.74) is 7.19. The second-order valence-electron chi connectivity index (χ2n) is 3.70. The Bertz CT molecular complexity index is 525. The van der Waals surface area contributed by atoms with Gasteiger partial charge in [0.15, 0.2) is 0 Å². The summed E-state index contributed by atoms with van der Waals surface area (Å²) in [5.74, 6) is 1.17. The van der Waals surface area contributed by atoms with Crippen LogP contribution < -0.4 is 15.4 Å². The number of hydrogen-bond donors (Lipinski definition) is 1. The maximum absolute atomic E-state index is 5.73. The van der Waals surface area contributed by atoms with Gasteiger partial charge in [-0.2, -0.15) is 4.98 Å². The van der Waals surface area contributed by atoms with Gasteiger partial charge in [-0.15, -0.1) is 0 Å². The van der Waals surface area contributed by atoms with Gasteiger partial charge < -0.3 is 15.4 Å². The van der Waals surface area contributed by atoms with E-state index in [1.807, 2.05) is 37.2 Å². The SMILES string of the molecule is COc1nc(N(C)C)nc2cc(N)ccc12. The summed E-state index contributed by atoms with van der Waals surface area (Å²) in [7, 11) is 5.36. The highest BCUT2D eigenvalue weighted by atomic mass is 16.5. The number of nitrogens with zero attached hydrogens (tertiary/aromatic N) is 3. The van der Waals surface area contributed by atoms with Gasteiger partial charge in [-0.3, -0.25) is 0 Å². The van der Waals surface area contributed by atoms with Gasteiger partial charge in [0.05, 0.1) is 18.0 Å². The first-order valence-corrected chi connectivity index (χ1v) is 4.90. The van der Waals surface area contributed by atoms with Crippen molar-refractivity contribution in [3.05, 3.63) is 18.2 Å². The predicted octanol–water partition coefficient (Wildman–Crippen LogP) is 1.29.